The molecule has 2 unspecified atom stereocenters. The molecule has 2 aromatic rings. The summed E-state index contributed by atoms with van der Waals surface area (Å²) in [6.07, 6.45) is -0.0537. The van der Waals surface area contributed by atoms with Gasteiger partial charge >= 0.3 is 11.9 Å². The molecular weight excluding hydrogens is 400 g/mol. The third kappa shape index (κ3) is 7.26. The van der Waals surface area contributed by atoms with Crippen molar-refractivity contribution in [3.63, 3.8) is 0 Å². The molecule has 0 spiro atoms. The maximum Gasteiger partial charge on any atom is 0.335 e. The van der Waals surface area contributed by atoms with E-state index in [-0.39, 0.29) is 11.5 Å². The van der Waals surface area contributed by atoms with E-state index in [0.717, 1.165) is 0 Å². The van der Waals surface area contributed by atoms with Gasteiger partial charge in [0.1, 0.15) is 6.04 Å². The van der Waals surface area contributed by atoms with E-state index in [1.807, 2.05) is 13.8 Å². The average molecular weight is 426 g/mol. The highest BCUT2D eigenvalue weighted by Gasteiger charge is 2.29. The zero-order valence-electron chi connectivity index (χ0n) is 17.4. The van der Waals surface area contributed by atoms with Gasteiger partial charge in [-0.1, -0.05) is 44.2 Å². The summed E-state index contributed by atoms with van der Waals surface area (Å²) in [4.78, 5) is 48.0. The Kier molecular flexibility index (Phi) is 8.31. The molecule has 164 valence electrons. The van der Waals surface area contributed by atoms with Crippen molar-refractivity contribution in [2.24, 2.45) is 5.92 Å². The summed E-state index contributed by atoms with van der Waals surface area (Å²) in [6.45, 7) is 3.81. The van der Waals surface area contributed by atoms with E-state index in [1.54, 1.807) is 30.3 Å². The van der Waals surface area contributed by atoms with Crippen LogP contribution in [0.25, 0.3) is 0 Å². The topological polar surface area (TPSA) is 133 Å². The molecule has 0 aliphatic rings. The zero-order valence-corrected chi connectivity index (χ0v) is 17.4. The maximum absolute atomic E-state index is 12.9. The Bertz CT molecular complexity index is 925. The molecule has 0 aliphatic carbocycles. The number of aromatic carboxylic acids is 1. The van der Waals surface area contributed by atoms with Crippen LogP contribution in [0.2, 0.25) is 0 Å². The Morgan fingerprint density at radius 2 is 1.48 bits per heavy atom. The summed E-state index contributed by atoms with van der Waals surface area (Å²) in [5.74, 6) is -4.06. The summed E-state index contributed by atoms with van der Waals surface area (Å²) < 4.78 is 0. The van der Waals surface area contributed by atoms with Crippen LogP contribution in [0.3, 0.4) is 0 Å². The van der Waals surface area contributed by atoms with Crippen LogP contribution < -0.4 is 10.6 Å². The van der Waals surface area contributed by atoms with E-state index >= 15 is 0 Å². The minimum Gasteiger partial charge on any atom is -0.481 e. The fourth-order valence-electron chi connectivity index (χ4n) is 3.12. The Morgan fingerprint density at radius 1 is 0.871 bits per heavy atom. The van der Waals surface area contributed by atoms with Crippen LogP contribution >= 0.6 is 0 Å². The van der Waals surface area contributed by atoms with Crippen LogP contribution in [0, 0.1) is 5.92 Å². The highest BCUT2D eigenvalue weighted by Crippen LogP contribution is 2.21. The molecular formula is C23H26N2O6. The number of hydrogen-bond donors (Lipinski definition) is 4. The Morgan fingerprint density at radius 3 is 2.00 bits per heavy atom. The van der Waals surface area contributed by atoms with Crippen molar-refractivity contribution in [3.8, 4) is 0 Å². The molecule has 0 aromatic heterocycles. The first-order valence-electron chi connectivity index (χ1n) is 9.88. The second kappa shape index (κ2) is 10.9. The van der Waals surface area contributed by atoms with Gasteiger partial charge in [-0.05, 0) is 42.2 Å². The molecule has 0 fully saturated rings. The Balaban J connectivity index is 2.17. The lowest BCUT2D eigenvalue weighted by Gasteiger charge is -2.23. The molecule has 0 bridgehead atoms. The van der Waals surface area contributed by atoms with Gasteiger partial charge in [0.15, 0.2) is 0 Å². The number of anilines is 1. The normalized spacial score (nSPS) is 12.6. The predicted octanol–water partition coefficient (Wildman–Crippen LogP) is 3.11. The molecule has 31 heavy (non-hydrogen) atoms. The van der Waals surface area contributed by atoms with Gasteiger partial charge in [0.05, 0.1) is 17.9 Å². The van der Waals surface area contributed by atoms with Gasteiger partial charge in [0.2, 0.25) is 11.8 Å². The molecule has 0 aliphatic heterocycles. The van der Waals surface area contributed by atoms with Crippen LogP contribution in [0.1, 0.15) is 48.5 Å². The van der Waals surface area contributed by atoms with Crippen molar-refractivity contribution >= 4 is 29.4 Å². The van der Waals surface area contributed by atoms with Crippen LogP contribution in [-0.2, 0) is 14.4 Å². The minimum atomic E-state index is -1.12. The van der Waals surface area contributed by atoms with Crippen LogP contribution in [0.5, 0.6) is 0 Å². The third-order valence-corrected chi connectivity index (χ3v) is 4.64. The summed E-state index contributed by atoms with van der Waals surface area (Å²) >= 11 is 0. The molecule has 8 nitrogen and oxygen atoms in total. The Labute approximate surface area is 180 Å². The van der Waals surface area contributed by atoms with Crippen molar-refractivity contribution < 1.29 is 29.4 Å². The highest BCUT2D eigenvalue weighted by molar-refractivity contribution is 5.99. The van der Waals surface area contributed by atoms with Crippen molar-refractivity contribution in [2.45, 2.75) is 38.6 Å². The number of nitrogens with one attached hydrogen (secondary N) is 2. The largest absolute Gasteiger partial charge is 0.481 e. The molecule has 8 heteroatoms. The number of carboxylic acids is 2. The monoisotopic (exact) mass is 426 g/mol. The molecule has 0 radical (unpaired) electrons. The highest BCUT2D eigenvalue weighted by atomic mass is 16.4. The van der Waals surface area contributed by atoms with Crippen molar-refractivity contribution in [1.82, 2.24) is 5.32 Å². The first-order valence-corrected chi connectivity index (χ1v) is 9.88. The molecule has 2 rings (SSSR count). The smallest absolute Gasteiger partial charge is 0.335 e. The van der Waals surface area contributed by atoms with Gasteiger partial charge in [-0.3, -0.25) is 14.4 Å². The molecule has 2 amide bonds. The lowest BCUT2D eigenvalue weighted by molar-refractivity contribution is -0.139. The van der Waals surface area contributed by atoms with E-state index in [9.17, 15) is 24.3 Å². The first kappa shape index (κ1) is 23.6. The van der Waals surface area contributed by atoms with E-state index in [0.29, 0.717) is 17.7 Å². The molecule has 2 atom stereocenters. The number of aliphatic carboxylic acids is 1. The Hall–Kier alpha value is -3.68. The third-order valence-electron chi connectivity index (χ3n) is 4.64. The van der Waals surface area contributed by atoms with Crippen LogP contribution in [-0.4, -0.2) is 40.0 Å². The van der Waals surface area contributed by atoms with Gasteiger partial charge in [0.25, 0.3) is 0 Å². The van der Waals surface area contributed by atoms with E-state index < -0.39 is 42.1 Å². The summed E-state index contributed by atoms with van der Waals surface area (Å²) in [7, 11) is 0. The standard InChI is InChI=1S/C23H26N2O6/c1-14(2)12-19(22(29)24-17-10-8-16(9-11-17)23(30)31)25-21(28)18(13-20(26)27)15-6-4-3-5-7-15/h3-11,14,18-19H,12-13H2,1-2H3,(H,24,29)(H,25,28)(H,26,27)(H,30,31). The van der Waals surface area contributed by atoms with Crippen molar-refractivity contribution in [2.75, 3.05) is 5.32 Å². The number of amides is 2. The summed E-state index contributed by atoms with van der Waals surface area (Å²) in [6, 6.07) is 13.3. The maximum atomic E-state index is 12.9. The molecule has 0 saturated heterocycles. The number of carboxylic acid groups (broad SMARTS) is 2. The lowest BCUT2D eigenvalue weighted by Crippen LogP contribution is -2.46. The number of carbonyl (C=O) groups is 4. The van der Waals surface area contributed by atoms with Gasteiger partial charge < -0.3 is 20.8 Å². The number of benzene rings is 2. The SMILES string of the molecule is CC(C)CC(NC(=O)C(CC(=O)O)c1ccccc1)C(=O)Nc1ccc(C(=O)O)cc1. The van der Waals surface area contributed by atoms with Crippen LogP contribution in [0.4, 0.5) is 5.69 Å². The zero-order chi connectivity index (χ0) is 23.0. The van der Waals surface area contributed by atoms with Gasteiger partial charge in [-0.15, -0.1) is 0 Å². The van der Waals surface area contributed by atoms with Gasteiger partial charge in [-0.25, -0.2) is 4.79 Å². The van der Waals surface area contributed by atoms with Gasteiger partial charge in [-0.2, -0.15) is 0 Å². The summed E-state index contributed by atoms with van der Waals surface area (Å²) in [5, 5.41) is 23.6. The van der Waals surface area contributed by atoms with E-state index in [4.69, 9.17) is 5.11 Å². The quantitative estimate of drug-likeness (QED) is 0.461. The van der Waals surface area contributed by atoms with Crippen molar-refractivity contribution in [3.05, 3.63) is 65.7 Å². The number of carbonyl (C=O) groups excluding carboxylic acids is 2. The molecule has 0 saturated carbocycles. The number of hydrogen-bond acceptors (Lipinski definition) is 4. The lowest BCUT2D eigenvalue weighted by atomic mass is 9.93. The van der Waals surface area contributed by atoms with Gasteiger partial charge in [0, 0.05) is 5.69 Å². The fourth-order valence-corrected chi connectivity index (χ4v) is 3.12. The van der Waals surface area contributed by atoms with E-state index in [2.05, 4.69) is 10.6 Å². The molecule has 4 N–H and O–H groups in total. The van der Waals surface area contributed by atoms with Crippen LogP contribution in [0.15, 0.2) is 54.6 Å². The second-order valence-electron chi connectivity index (χ2n) is 7.62. The predicted molar refractivity (Wildman–Crippen MR) is 115 cm³/mol. The molecule has 2 aromatic carbocycles. The van der Waals surface area contributed by atoms with E-state index in [1.165, 1.54) is 24.3 Å². The fraction of sp³-hybridized carbons (Fsp3) is 0.304. The second-order valence-corrected chi connectivity index (χ2v) is 7.62. The average Bonchev–Trinajstić information content (AvgIpc) is 2.72. The first-order chi connectivity index (χ1) is 14.7. The summed E-state index contributed by atoms with van der Waals surface area (Å²) in [5.41, 5.74) is 1.03. The molecule has 0 heterocycles. The number of rotatable bonds is 10. The minimum absolute atomic E-state index is 0.0834. The van der Waals surface area contributed by atoms with Crippen molar-refractivity contribution in [1.29, 1.82) is 0 Å².